The van der Waals surface area contributed by atoms with E-state index in [4.69, 9.17) is 0 Å². The molecule has 0 spiro atoms. The third kappa shape index (κ3) is 20.4. The van der Waals surface area contributed by atoms with Gasteiger partial charge >= 0.3 is 0 Å². The molecule has 0 bridgehead atoms. The van der Waals surface area contributed by atoms with Gasteiger partial charge in [-0.3, -0.25) is 38.8 Å². The maximum atomic E-state index is 14.9. The van der Waals surface area contributed by atoms with Gasteiger partial charge in [0.25, 0.3) is 23.7 Å². The van der Waals surface area contributed by atoms with Gasteiger partial charge in [0.05, 0.1) is 74.0 Å². The molecule has 28 heteroatoms. The van der Waals surface area contributed by atoms with Crippen LogP contribution < -0.4 is 0 Å². The predicted octanol–water partition coefficient (Wildman–Crippen LogP) is 16.3. The summed E-state index contributed by atoms with van der Waals surface area (Å²) in [4.78, 5) is 64.4. The first-order chi connectivity index (χ1) is 57.0. The molecule has 8 saturated heterocycles. The predicted molar refractivity (Wildman–Crippen MR) is 428 cm³/mol. The first-order valence-corrected chi connectivity index (χ1v) is 40.8. The van der Waals surface area contributed by atoms with Crippen LogP contribution in [0.25, 0.3) is 0 Å². The lowest BCUT2D eigenvalue weighted by atomic mass is 9.85. The second kappa shape index (κ2) is 36.6. The normalized spacial score (nSPS) is 24.4. The molecule has 16 nitrogen and oxygen atoms in total. The highest BCUT2D eigenvalue weighted by Gasteiger charge is 2.54. The molecule has 8 aromatic rings. The zero-order valence-electron chi connectivity index (χ0n) is 67.3. The Morgan fingerprint density at radius 1 is 0.275 bits per heavy atom. The lowest BCUT2D eigenvalue weighted by Crippen LogP contribution is -2.53. The number of benzene rings is 8. The molecule has 0 unspecified atom stereocenters. The van der Waals surface area contributed by atoms with Crippen LogP contribution in [-0.2, 0) is 45.4 Å². The van der Waals surface area contributed by atoms with Crippen LogP contribution in [0.1, 0.15) is 142 Å². The molecule has 640 valence electrons. The van der Waals surface area contributed by atoms with Crippen LogP contribution >= 0.6 is 0 Å². The number of phenols is 4. The Hall–Kier alpha value is -10.2. The van der Waals surface area contributed by atoms with Gasteiger partial charge in [-0.25, -0.2) is 52.7 Å². The van der Waals surface area contributed by atoms with Gasteiger partial charge < -0.3 is 40.0 Å². The van der Waals surface area contributed by atoms with Crippen molar-refractivity contribution in [2.24, 2.45) is 0 Å². The number of alkyl halides is 8. The molecular formula is C92H100F12N8O8. The van der Waals surface area contributed by atoms with E-state index in [9.17, 15) is 92.3 Å². The van der Waals surface area contributed by atoms with Crippen molar-refractivity contribution in [1.29, 1.82) is 0 Å². The number of hydrogen-bond donors (Lipinski definition) is 4. The molecule has 8 heterocycles. The fraction of sp³-hybridized carbons (Fsp3) is 0.435. The van der Waals surface area contributed by atoms with Crippen LogP contribution in [0.5, 0.6) is 23.0 Å². The molecule has 0 aromatic heterocycles. The van der Waals surface area contributed by atoms with E-state index in [-0.39, 0.29) is 122 Å². The maximum absolute atomic E-state index is 14.9. The molecule has 8 aromatic carbocycles. The minimum absolute atomic E-state index is 0.0459. The van der Waals surface area contributed by atoms with Crippen molar-refractivity contribution < 1.29 is 92.3 Å². The second-order valence-electron chi connectivity index (χ2n) is 33.2. The smallest absolute Gasteiger partial charge is 0.267 e. The average Bonchev–Trinajstić information content (AvgIpc) is 1.23. The number of carbonyl (C=O) groups is 4. The number of hydrogen-bond acceptors (Lipinski definition) is 12. The molecule has 4 N–H and O–H groups in total. The molecule has 0 saturated carbocycles. The standard InChI is InChI=1S/4C23H25F3N2O2/c4*1-15-2-3-16(12-20(15)24)13-27-11-9-21(22(27)30)28-10-8-19(23(25,26)14-28)17-4-6-18(29)7-5-17/h4*2-7,12,19,21,29H,8-11,13-14H2,1H3/t2*19-,21+;2*19-,21-/m1010/s1. The monoisotopic (exact) mass is 1670 g/mol. The number of carbonyl (C=O) groups excluding carboxylic acids is 4. The third-order valence-corrected chi connectivity index (χ3v) is 25.0. The van der Waals surface area contributed by atoms with Gasteiger partial charge in [0, 0.05) is 52.4 Å². The van der Waals surface area contributed by atoms with Crippen molar-refractivity contribution in [2.45, 2.75) is 177 Å². The SMILES string of the molecule is Cc1ccc(CN2CC[C@@H](N3CC[C@@H](c4ccc(O)cc4)C(F)(F)C3)C2=O)cc1F.Cc1ccc(CN2CC[C@@H](N3CC[C@H](c4ccc(O)cc4)C(F)(F)C3)C2=O)cc1F.Cc1ccc(CN2CC[C@H](N3CC[C@@H](c4ccc(O)cc4)C(F)(F)C3)C2=O)cc1F.Cc1ccc(CN2CC[C@H](N3CC[C@H](c4ccc(O)cc4)C(F)(F)C3)C2=O)cc1F. The Labute approximate surface area is 690 Å². The van der Waals surface area contributed by atoms with Gasteiger partial charge in [0.1, 0.15) is 46.3 Å². The molecule has 8 aliphatic heterocycles. The van der Waals surface area contributed by atoms with E-state index < -0.39 is 97.7 Å². The van der Waals surface area contributed by atoms with E-state index in [1.807, 2.05) is 0 Å². The van der Waals surface area contributed by atoms with Crippen molar-refractivity contribution in [2.75, 3.05) is 78.5 Å². The summed E-state index contributed by atoms with van der Waals surface area (Å²) in [7, 11) is 0. The van der Waals surface area contributed by atoms with Gasteiger partial charge in [-0.2, -0.15) is 0 Å². The lowest BCUT2D eigenvalue weighted by Gasteiger charge is -2.40. The topological polar surface area (TPSA) is 175 Å². The number of rotatable bonds is 16. The molecule has 8 fully saturated rings. The fourth-order valence-electron chi connectivity index (χ4n) is 18.1. The van der Waals surface area contributed by atoms with Crippen LogP contribution in [0, 0.1) is 51.0 Å². The minimum atomic E-state index is -2.97. The van der Waals surface area contributed by atoms with Crippen molar-refractivity contribution in [1.82, 2.24) is 39.2 Å². The average molecular weight is 1670 g/mol. The maximum Gasteiger partial charge on any atom is 0.267 e. The van der Waals surface area contributed by atoms with Gasteiger partial charge in [0.15, 0.2) is 0 Å². The summed E-state index contributed by atoms with van der Waals surface area (Å²) in [5.74, 6) is -17.4. The molecule has 8 aliphatic rings. The van der Waals surface area contributed by atoms with Gasteiger partial charge in [0.2, 0.25) is 23.6 Å². The molecule has 8 atom stereocenters. The Kier molecular flexibility index (Phi) is 26.8. The minimum Gasteiger partial charge on any atom is -0.508 e. The van der Waals surface area contributed by atoms with E-state index in [0.29, 0.717) is 145 Å². The summed E-state index contributed by atoms with van der Waals surface area (Å²) < 4.78 is 175. The van der Waals surface area contributed by atoms with E-state index in [2.05, 4.69) is 0 Å². The molecule has 4 amide bonds. The fourth-order valence-corrected chi connectivity index (χ4v) is 18.1. The Morgan fingerprint density at radius 2 is 0.458 bits per heavy atom. The summed E-state index contributed by atoms with van der Waals surface area (Å²) in [5, 5.41) is 37.6. The van der Waals surface area contributed by atoms with E-state index in [1.54, 1.807) is 115 Å². The summed E-state index contributed by atoms with van der Waals surface area (Å²) in [6.07, 6.45) is 2.94. The quantitative estimate of drug-likeness (QED) is 0.0675. The zero-order chi connectivity index (χ0) is 85.9. The van der Waals surface area contributed by atoms with Gasteiger partial charge in [-0.15, -0.1) is 0 Å². The second-order valence-corrected chi connectivity index (χ2v) is 33.2. The van der Waals surface area contributed by atoms with Crippen LogP contribution in [0.2, 0.25) is 0 Å². The first-order valence-electron chi connectivity index (χ1n) is 40.8. The first kappa shape index (κ1) is 87.7. The molecule has 0 radical (unpaired) electrons. The van der Waals surface area contributed by atoms with Crippen molar-refractivity contribution in [3.05, 3.63) is 260 Å². The van der Waals surface area contributed by atoms with Crippen molar-refractivity contribution >= 4 is 23.6 Å². The summed E-state index contributed by atoms with van der Waals surface area (Å²) in [6.45, 7) is 9.50. The van der Waals surface area contributed by atoms with Crippen LogP contribution in [0.3, 0.4) is 0 Å². The Morgan fingerprint density at radius 3 is 0.625 bits per heavy atom. The van der Waals surface area contributed by atoms with E-state index >= 15 is 0 Å². The number of aromatic hydroxyl groups is 4. The van der Waals surface area contributed by atoms with Gasteiger partial charge in [-0.1, -0.05) is 97.1 Å². The van der Waals surface area contributed by atoms with Crippen LogP contribution in [0.4, 0.5) is 52.7 Å². The number of piperidine rings is 4. The molecule has 0 aliphatic carbocycles. The van der Waals surface area contributed by atoms with Gasteiger partial charge in [-0.05, 0) is 245 Å². The zero-order valence-corrected chi connectivity index (χ0v) is 67.3. The molecule has 16 rings (SSSR count). The number of amides is 4. The Balaban J connectivity index is 0.000000138. The van der Waals surface area contributed by atoms with E-state index in [0.717, 1.165) is 0 Å². The number of halogens is 12. The van der Waals surface area contributed by atoms with Crippen molar-refractivity contribution in [3.8, 4) is 23.0 Å². The lowest BCUT2D eigenvalue weighted by molar-refractivity contribution is -0.139. The summed E-state index contributed by atoms with van der Waals surface area (Å²) in [6, 6.07) is 40.9. The number of likely N-dealkylation sites (tertiary alicyclic amines) is 8. The van der Waals surface area contributed by atoms with Crippen LogP contribution in [0.15, 0.2) is 170 Å². The number of nitrogens with zero attached hydrogens (tertiary/aromatic N) is 8. The number of aryl methyl sites for hydroxylation is 4. The summed E-state index contributed by atoms with van der Waals surface area (Å²) >= 11 is 0. The summed E-state index contributed by atoms with van der Waals surface area (Å²) in [5.41, 5.74) is 6.96. The highest BCUT2D eigenvalue weighted by Crippen LogP contribution is 2.47. The highest BCUT2D eigenvalue weighted by atomic mass is 19.3. The van der Waals surface area contributed by atoms with E-state index in [1.165, 1.54) is 121 Å². The third-order valence-electron chi connectivity index (χ3n) is 25.0. The largest absolute Gasteiger partial charge is 0.508 e. The van der Waals surface area contributed by atoms with Crippen molar-refractivity contribution in [3.63, 3.8) is 0 Å². The molecule has 120 heavy (non-hydrogen) atoms. The van der Waals surface area contributed by atoms with Crippen LogP contribution in [-0.4, -0.2) is 210 Å². The highest BCUT2D eigenvalue weighted by molar-refractivity contribution is 5.86. The molecular weight excluding hydrogens is 1570 g/mol. The number of phenolic OH excluding ortho intramolecular Hbond substituents is 4. The Bertz CT molecular complexity index is 4340.